The highest BCUT2D eigenvalue weighted by Crippen LogP contribution is 2.26. The van der Waals surface area contributed by atoms with E-state index in [1.54, 1.807) is 12.1 Å². The summed E-state index contributed by atoms with van der Waals surface area (Å²) >= 11 is 0. The number of hydrogen-bond acceptors (Lipinski definition) is 2. The summed E-state index contributed by atoms with van der Waals surface area (Å²) in [5.74, 6) is -0.0248. The zero-order valence-corrected chi connectivity index (χ0v) is 11.6. The third kappa shape index (κ3) is 4.30. The minimum Gasteiger partial charge on any atom is -0.386 e. The van der Waals surface area contributed by atoms with Gasteiger partial charge in [-0.15, -0.1) is 0 Å². The molecular formula is C16H22FNO2. The molecule has 2 N–H and O–H groups in total. The van der Waals surface area contributed by atoms with Crippen LogP contribution in [0.5, 0.6) is 0 Å². The summed E-state index contributed by atoms with van der Waals surface area (Å²) in [5.41, 5.74) is 0.227. The summed E-state index contributed by atoms with van der Waals surface area (Å²) in [6.45, 7) is 0.0620. The standard InChI is InChI=1S/C16H22FNO2/c17-14-9-5-4-8-13(14)15(19)11-18-16(20)10-12-6-2-1-3-7-12/h4-5,8-9,12,15,19H,1-3,6-7,10-11H2,(H,18,20). The highest BCUT2D eigenvalue weighted by Gasteiger charge is 2.18. The first-order valence-corrected chi connectivity index (χ1v) is 7.36. The van der Waals surface area contributed by atoms with Gasteiger partial charge in [-0.05, 0) is 24.8 Å². The van der Waals surface area contributed by atoms with Crippen molar-refractivity contribution in [2.45, 2.75) is 44.6 Å². The first-order chi connectivity index (χ1) is 9.66. The summed E-state index contributed by atoms with van der Waals surface area (Å²) < 4.78 is 13.5. The normalized spacial score (nSPS) is 17.7. The topological polar surface area (TPSA) is 49.3 Å². The van der Waals surface area contributed by atoms with Gasteiger partial charge in [0.1, 0.15) is 5.82 Å². The molecule has 1 atom stereocenters. The molecule has 0 aliphatic heterocycles. The Morgan fingerprint density at radius 2 is 2.00 bits per heavy atom. The molecule has 1 saturated carbocycles. The molecule has 4 heteroatoms. The fourth-order valence-electron chi connectivity index (χ4n) is 2.79. The fraction of sp³-hybridized carbons (Fsp3) is 0.562. The number of nitrogens with one attached hydrogen (secondary N) is 1. The molecule has 1 aliphatic rings. The molecule has 1 aromatic rings. The van der Waals surface area contributed by atoms with Crippen LogP contribution < -0.4 is 5.32 Å². The lowest BCUT2D eigenvalue weighted by atomic mass is 9.87. The number of halogens is 1. The number of hydrogen-bond donors (Lipinski definition) is 2. The van der Waals surface area contributed by atoms with Crippen molar-refractivity contribution in [3.63, 3.8) is 0 Å². The zero-order chi connectivity index (χ0) is 14.4. The van der Waals surface area contributed by atoms with E-state index in [1.165, 1.54) is 31.4 Å². The lowest BCUT2D eigenvalue weighted by Gasteiger charge is -2.21. The maximum atomic E-state index is 13.5. The highest BCUT2D eigenvalue weighted by atomic mass is 19.1. The largest absolute Gasteiger partial charge is 0.386 e. The second-order valence-corrected chi connectivity index (χ2v) is 5.55. The Kier molecular flexibility index (Phi) is 5.53. The Morgan fingerprint density at radius 3 is 2.70 bits per heavy atom. The van der Waals surface area contributed by atoms with Crippen LogP contribution in [0.25, 0.3) is 0 Å². The molecule has 0 aromatic heterocycles. The molecule has 0 radical (unpaired) electrons. The number of amides is 1. The fourth-order valence-corrected chi connectivity index (χ4v) is 2.79. The molecule has 0 saturated heterocycles. The van der Waals surface area contributed by atoms with Crippen molar-refractivity contribution in [3.8, 4) is 0 Å². The molecule has 1 unspecified atom stereocenters. The Morgan fingerprint density at radius 1 is 1.30 bits per heavy atom. The van der Waals surface area contributed by atoms with Gasteiger partial charge in [-0.1, -0.05) is 37.5 Å². The molecule has 1 aliphatic carbocycles. The van der Waals surface area contributed by atoms with E-state index in [0.717, 1.165) is 12.8 Å². The van der Waals surface area contributed by atoms with E-state index >= 15 is 0 Å². The van der Waals surface area contributed by atoms with Crippen molar-refractivity contribution in [3.05, 3.63) is 35.6 Å². The lowest BCUT2D eigenvalue weighted by molar-refractivity contribution is -0.122. The Labute approximate surface area is 119 Å². The number of benzene rings is 1. The summed E-state index contributed by atoms with van der Waals surface area (Å²) in [4.78, 5) is 11.8. The molecule has 20 heavy (non-hydrogen) atoms. The van der Waals surface area contributed by atoms with E-state index in [9.17, 15) is 14.3 Å². The molecule has 1 aromatic carbocycles. The first-order valence-electron chi connectivity index (χ1n) is 7.36. The van der Waals surface area contributed by atoms with Crippen LogP contribution in [0.4, 0.5) is 4.39 Å². The van der Waals surface area contributed by atoms with E-state index < -0.39 is 11.9 Å². The van der Waals surface area contributed by atoms with E-state index in [-0.39, 0.29) is 18.0 Å². The molecule has 3 nitrogen and oxygen atoms in total. The molecule has 2 rings (SSSR count). The number of rotatable bonds is 5. The summed E-state index contributed by atoms with van der Waals surface area (Å²) in [6, 6.07) is 6.09. The van der Waals surface area contributed by atoms with Crippen LogP contribution in [0.15, 0.2) is 24.3 Å². The van der Waals surface area contributed by atoms with Crippen molar-refractivity contribution < 1.29 is 14.3 Å². The molecule has 0 spiro atoms. The van der Waals surface area contributed by atoms with Crippen molar-refractivity contribution in [1.29, 1.82) is 0 Å². The van der Waals surface area contributed by atoms with Gasteiger partial charge < -0.3 is 10.4 Å². The molecule has 1 amide bonds. The van der Waals surface area contributed by atoms with Crippen LogP contribution in [0.1, 0.15) is 50.2 Å². The first kappa shape index (κ1) is 15.0. The van der Waals surface area contributed by atoms with Crippen LogP contribution in [-0.4, -0.2) is 17.6 Å². The highest BCUT2D eigenvalue weighted by molar-refractivity contribution is 5.76. The number of aliphatic hydroxyl groups is 1. The molecule has 1 fully saturated rings. The SMILES string of the molecule is O=C(CC1CCCCC1)NCC(O)c1ccccc1F. The van der Waals surface area contributed by atoms with Crippen LogP contribution in [0.2, 0.25) is 0 Å². The van der Waals surface area contributed by atoms with E-state index in [2.05, 4.69) is 5.32 Å². The quantitative estimate of drug-likeness (QED) is 0.870. The van der Waals surface area contributed by atoms with Crippen LogP contribution in [0.3, 0.4) is 0 Å². The molecule has 0 heterocycles. The second-order valence-electron chi connectivity index (χ2n) is 5.55. The zero-order valence-electron chi connectivity index (χ0n) is 11.6. The maximum absolute atomic E-state index is 13.5. The smallest absolute Gasteiger partial charge is 0.220 e. The molecule has 0 bridgehead atoms. The summed E-state index contributed by atoms with van der Waals surface area (Å²) in [5, 5.41) is 12.6. The Balaban J connectivity index is 1.76. The number of aliphatic hydroxyl groups excluding tert-OH is 1. The predicted octanol–water partition coefficient (Wildman–Crippen LogP) is 2.95. The Hall–Kier alpha value is -1.42. The molecule has 110 valence electrons. The van der Waals surface area contributed by atoms with E-state index in [0.29, 0.717) is 12.3 Å². The molecular weight excluding hydrogens is 257 g/mol. The van der Waals surface area contributed by atoms with E-state index in [1.807, 2.05) is 0 Å². The Bertz CT molecular complexity index is 444. The summed E-state index contributed by atoms with van der Waals surface area (Å²) in [7, 11) is 0. The van der Waals surface area contributed by atoms with Gasteiger partial charge in [-0.2, -0.15) is 0 Å². The third-order valence-corrected chi connectivity index (χ3v) is 3.96. The number of carbonyl (C=O) groups is 1. The monoisotopic (exact) mass is 279 g/mol. The van der Waals surface area contributed by atoms with Gasteiger partial charge in [-0.25, -0.2) is 4.39 Å². The maximum Gasteiger partial charge on any atom is 0.220 e. The second kappa shape index (κ2) is 7.39. The number of carbonyl (C=O) groups excluding carboxylic acids is 1. The van der Waals surface area contributed by atoms with E-state index in [4.69, 9.17) is 0 Å². The van der Waals surface area contributed by atoms with Crippen LogP contribution in [-0.2, 0) is 4.79 Å². The minimum atomic E-state index is -0.994. The van der Waals surface area contributed by atoms with Gasteiger partial charge in [-0.3, -0.25) is 4.79 Å². The van der Waals surface area contributed by atoms with Crippen LogP contribution in [0, 0.1) is 11.7 Å². The van der Waals surface area contributed by atoms with Crippen molar-refractivity contribution in [2.75, 3.05) is 6.54 Å². The van der Waals surface area contributed by atoms with Gasteiger partial charge in [0.25, 0.3) is 0 Å². The summed E-state index contributed by atoms with van der Waals surface area (Å²) in [6.07, 6.45) is 5.43. The van der Waals surface area contributed by atoms with Crippen molar-refractivity contribution >= 4 is 5.91 Å². The van der Waals surface area contributed by atoms with Crippen molar-refractivity contribution in [1.82, 2.24) is 5.32 Å². The lowest BCUT2D eigenvalue weighted by Crippen LogP contribution is -2.30. The van der Waals surface area contributed by atoms with Gasteiger partial charge in [0.15, 0.2) is 0 Å². The van der Waals surface area contributed by atoms with Crippen molar-refractivity contribution in [2.24, 2.45) is 5.92 Å². The van der Waals surface area contributed by atoms with Gasteiger partial charge in [0, 0.05) is 18.5 Å². The third-order valence-electron chi connectivity index (χ3n) is 3.96. The van der Waals surface area contributed by atoms with Gasteiger partial charge in [0.2, 0.25) is 5.91 Å². The predicted molar refractivity (Wildman–Crippen MR) is 75.6 cm³/mol. The van der Waals surface area contributed by atoms with Gasteiger partial charge in [0.05, 0.1) is 6.10 Å². The van der Waals surface area contributed by atoms with Gasteiger partial charge >= 0.3 is 0 Å². The average molecular weight is 279 g/mol. The minimum absolute atomic E-state index is 0.0488. The van der Waals surface area contributed by atoms with Crippen LogP contribution >= 0.6 is 0 Å². The average Bonchev–Trinajstić information content (AvgIpc) is 2.46.